The zero-order valence-corrected chi connectivity index (χ0v) is 10.1. The normalized spacial score (nSPS) is 11.0. The fourth-order valence-corrected chi connectivity index (χ4v) is 1.56. The highest BCUT2D eigenvalue weighted by Crippen LogP contribution is 2.19. The minimum absolute atomic E-state index is 0.207. The summed E-state index contributed by atoms with van der Waals surface area (Å²) in [4.78, 5) is 0. The van der Waals surface area contributed by atoms with Crippen LogP contribution in [0, 0.1) is 5.82 Å². The average Bonchev–Trinajstić information content (AvgIpc) is 2.11. The smallest absolute Gasteiger partial charge is 0.123 e. The van der Waals surface area contributed by atoms with Crippen molar-refractivity contribution in [1.82, 2.24) is 0 Å². The second-order valence-electron chi connectivity index (χ2n) is 2.55. The van der Waals surface area contributed by atoms with Crippen molar-refractivity contribution < 1.29 is 4.39 Å². The van der Waals surface area contributed by atoms with Gasteiger partial charge in [0.15, 0.2) is 0 Å². The first-order chi connectivity index (χ1) is 6.24. The Bertz CT molecular complexity index is 308. The lowest BCUT2D eigenvalue weighted by Gasteiger charge is -1.97. The lowest BCUT2D eigenvalue weighted by molar-refractivity contribution is 0.627. The van der Waals surface area contributed by atoms with Gasteiger partial charge in [-0.2, -0.15) is 0 Å². The molecule has 0 spiro atoms. The molecule has 1 aromatic rings. The summed E-state index contributed by atoms with van der Waals surface area (Å²) in [5.41, 5.74) is 0.876. The molecule has 0 amide bonds. The van der Waals surface area contributed by atoms with Gasteiger partial charge in [0.2, 0.25) is 0 Å². The molecule has 0 aliphatic carbocycles. The molecule has 1 aromatic carbocycles. The molecule has 3 heteroatoms. The quantitative estimate of drug-likeness (QED) is 0.727. The van der Waals surface area contributed by atoms with Gasteiger partial charge >= 0.3 is 0 Å². The van der Waals surface area contributed by atoms with Crippen LogP contribution >= 0.6 is 31.9 Å². The molecule has 13 heavy (non-hydrogen) atoms. The van der Waals surface area contributed by atoms with Crippen molar-refractivity contribution in [1.29, 1.82) is 0 Å². The second kappa shape index (κ2) is 5.55. The molecule has 0 N–H and O–H groups in total. The molecule has 0 nitrogen and oxygen atoms in total. The van der Waals surface area contributed by atoms with Crippen molar-refractivity contribution >= 4 is 37.9 Å². The van der Waals surface area contributed by atoms with Gasteiger partial charge < -0.3 is 0 Å². The van der Waals surface area contributed by atoms with E-state index >= 15 is 0 Å². The van der Waals surface area contributed by atoms with E-state index in [2.05, 4.69) is 31.9 Å². The molecule has 0 atom stereocenters. The second-order valence-corrected chi connectivity index (χ2v) is 4.19. The van der Waals surface area contributed by atoms with E-state index in [1.807, 2.05) is 12.2 Å². The maximum atomic E-state index is 12.8. The third-order valence-corrected chi connectivity index (χ3v) is 2.71. The van der Waals surface area contributed by atoms with Crippen molar-refractivity contribution in [2.45, 2.75) is 6.42 Å². The van der Waals surface area contributed by atoms with Gasteiger partial charge in [0, 0.05) is 9.80 Å². The standard InChI is InChI=1S/C10H9Br2F/c11-6-2-1-3-8-7-9(13)4-5-10(8)12/h1,3-5,7H,2,6H2. The van der Waals surface area contributed by atoms with Crippen molar-refractivity contribution in [3.63, 3.8) is 0 Å². The highest BCUT2D eigenvalue weighted by atomic mass is 79.9. The van der Waals surface area contributed by atoms with Crippen LogP contribution in [0.25, 0.3) is 6.08 Å². The van der Waals surface area contributed by atoms with E-state index in [0.29, 0.717) is 0 Å². The summed E-state index contributed by atoms with van der Waals surface area (Å²) >= 11 is 6.67. The van der Waals surface area contributed by atoms with Gasteiger partial charge in [0.05, 0.1) is 0 Å². The van der Waals surface area contributed by atoms with Crippen LogP contribution in [0.5, 0.6) is 0 Å². The van der Waals surface area contributed by atoms with E-state index in [9.17, 15) is 4.39 Å². The van der Waals surface area contributed by atoms with Crippen molar-refractivity contribution in [2.75, 3.05) is 5.33 Å². The van der Waals surface area contributed by atoms with Gasteiger partial charge in [0.1, 0.15) is 5.82 Å². The topological polar surface area (TPSA) is 0 Å². The van der Waals surface area contributed by atoms with Crippen molar-refractivity contribution in [2.24, 2.45) is 0 Å². The lowest BCUT2D eigenvalue weighted by atomic mass is 10.2. The van der Waals surface area contributed by atoms with Crippen molar-refractivity contribution in [3.05, 3.63) is 40.1 Å². The van der Waals surface area contributed by atoms with Gasteiger partial charge in [-0.1, -0.05) is 44.0 Å². The maximum absolute atomic E-state index is 12.8. The predicted molar refractivity (Wildman–Crippen MR) is 61.5 cm³/mol. The first-order valence-electron chi connectivity index (χ1n) is 3.91. The predicted octanol–water partition coefficient (Wildman–Crippen LogP) is 4.39. The van der Waals surface area contributed by atoms with E-state index in [1.165, 1.54) is 12.1 Å². The summed E-state index contributed by atoms with van der Waals surface area (Å²) in [7, 11) is 0. The molecule has 0 radical (unpaired) electrons. The molecule has 70 valence electrons. The van der Waals surface area contributed by atoms with Crippen LogP contribution in [-0.2, 0) is 0 Å². The van der Waals surface area contributed by atoms with Crippen LogP contribution < -0.4 is 0 Å². The number of allylic oxidation sites excluding steroid dienone is 1. The van der Waals surface area contributed by atoms with E-state index in [1.54, 1.807) is 6.07 Å². The number of alkyl halides is 1. The number of hydrogen-bond donors (Lipinski definition) is 0. The lowest BCUT2D eigenvalue weighted by Crippen LogP contribution is -1.79. The third-order valence-electron chi connectivity index (χ3n) is 1.53. The minimum atomic E-state index is -0.207. The molecule has 0 aliphatic rings. The summed E-state index contributed by atoms with van der Waals surface area (Å²) in [6.45, 7) is 0. The molecule has 1 rings (SSSR count). The van der Waals surface area contributed by atoms with E-state index in [4.69, 9.17) is 0 Å². The summed E-state index contributed by atoms with van der Waals surface area (Å²) < 4.78 is 13.7. The number of halogens is 3. The molecule has 0 unspecified atom stereocenters. The Morgan fingerprint density at radius 3 is 2.85 bits per heavy atom. The highest BCUT2D eigenvalue weighted by Gasteiger charge is 1.96. The zero-order chi connectivity index (χ0) is 9.68. The largest absolute Gasteiger partial charge is 0.207 e. The molecule has 0 bridgehead atoms. The van der Waals surface area contributed by atoms with Crippen LogP contribution in [0.2, 0.25) is 0 Å². The van der Waals surface area contributed by atoms with E-state index in [-0.39, 0.29) is 5.82 Å². The Kier molecular flexibility index (Phi) is 4.67. The third kappa shape index (κ3) is 3.61. The summed E-state index contributed by atoms with van der Waals surface area (Å²) in [5.74, 6) is -0.207. The summed E-state index contributed by atoms with van der Waals surface area (Å²) in [6.07, 6.45) is 4.87. The molecule has 0 fully saturated rings. The Morgan fingerprint density at radius 2 is 2.15 bits per heavy atom. The van der Waals surface area contributed by atoms with Crippen LogP contribution in [-0.4, -0.2) is 5.33 Å². The molecule has 0 aliphatic heterocycles. The molecular formula is C10H9Br2F. The Morgan fingerprint density at radius 1 is 1.38 bits per heavy atom. The molecule has 0 saturated carbocycles. The Labute approximate surface area is 94.1 Å². The van der Waals surface area contributed by atoms with Gasteiger partial charge in [-0.25, -0.2) is 4.39 Å². The molecular weight excluding hydrogens is 299 g/mol. The minimum Gasteiger partial charge on any atom is -0.207 e. The SMILES string of the molecule is Fc1ccc(Br)c(C=CCCBr)c1. The average molecular weight is 308 g/mol. The van der Waals surface area contributed by atoms with Crippen LogP contribution in [0.15, 0.2) is 28.7 Å². The zero-order valence-electron chi connectivity index (χ0n) is 6.93. The van der Waals surface area contributed by atoms with Gasteiger partial charge in [-0.05, 0) is 30.2 Å². The number of rotatable bonds is 3. The number of benzene rings is 1. The van der Waals surface area contributed by atoms with Crippen LogP contribution in [0.3, 0.4) is 0 Å². The van der Waals surface area contributed by atoms with Gasteiger partial charge in [-0.3, -0.25) is 0 Å². The first kappa shape index (κ1) is 10.9. The van der Waals surface area contributed by atoms with Crippen LogP contribution in [0.4, 0.5) is 4.39 Å². The maximum Gasteiger partial charge on any atom is 0.123 e. The molecule has 0 aromatic heterocycles. The Balaban J connectivity index is 2.81. The number of hydrogen-bond acceptors (Lipinski definition) is 0. The fourth-order valence-electron chi connectivity index (χ4n) is 0.916. The molecule has 0 heterocycles. The van der Waals surface area contributed by atoms with E-state index in [0.717, 1.165) is 21.8 Å². The fraction of sp³-hybridized carbons (Fsp3) is 0.200. The first-order valence-corrected chi connectivity index (χ1v) is 5.83. The van der Waals surface area contributed by atoms with E-state index < -0.39 is 0 Å². The summed E-state index contributed by atoms with van der Waals surface area (Å²) in [6, 6.07) is 4.66. The van der Waals surface area contributed by atoms with Crippen molar-refractivity contribution in [3.8, 4) is 0 Å². The Hall–Kier alpha value is -0.150. The van der Waals surface area contributed by atoms with Gasteiger partial charge in [0.25, 0.3) is 0 Å². The molecule has 0 saturated heterocycles. The highest BCUT2D eigenvalue weighted by molar-refractivity contribution is 9.10. The summed E-state index contributed by atoms with van der Waals surface area (Å²) in [5, 5.41) is 0.927. The monoisotopic (exact) mass is 306 g/mol. The van der Waals surface area contributed by atoms with Gasteiger partial charge in [-0.15, -0.1) is 0 Å². The van der Waals surface area contributed by atoms with Crippen LogP contribution in [0.1, 0.15) is 12.0 Å².